The summed E-state index contributed by atoms with van der Waals surface area (Å²) < 4.78 is 5.72. The van der Waals surface area contributed by atoms with Gasteiger partial charge in [-0.05, 0) is 24.3 Å². The van der Waals surface area contributed by atoms with Gasteiger partial charge in [-0.15, -0.1) is 0 Å². The van der Waals surface area contributed by atoms with E-state index in [4.69, 9.17) is 21.6 Å². The van der Waals surface area contributed by atoms with Crippen LogP contribution < -0.4 is 9.64 Å². The van der Waals surface area contributed by atoms with Gasteiger partial charge in [0.1, 0.15) is 18.0 Å². The summed E-state index contributed by atoms with van der Waals surface area (Å²) in [4.78, 5) is 15.1. The Kier molecular flexibility index (Phi) is 6.12. The van der Waals surface area contributed by atoms with E-state index in [9.17, 15) is 10.1 Å². The van der Waals surface area contributed by atoms with Crippen LogP contribution in [0.25, 0.3) is 0 Å². The van der Waals surface area contributed by atoms with Gasteiger partial charge in [-0.3, -0.25) is 15.0 Å². The van der Waals surface area contributed by atoms with E-state index in [2.05, 4.69) is 4.90 Å². The van der Waals surface area contributed by atoms with Crippen LogP contribution >= 0.6 is 11.6 Å². The number of nitrogens with zero attached hydrogens (tertiary/aromatic N) is 4. The molecule has 8 heteroatoms. The van der Waals surface area contributed by atoms with Crippen molar-refractivity contribution < 1.29 is 9.66 Å². The van der Waals surface area contributed by atoms with E-state index in [0.29, 0.717) is 41.7 Å². The van der Waals surface area contributed by atoms with Gasteiger partial charge in [-0.25, -0.2) is 0 Å². The van der Waals surface area contributed by atoms with E-state index in [1.807, 2.05) is 29.2 Å². The molecule has 140 valence electrons. The van der Waals surface area contributed by atoms with Crippen LogP contribution in [0.2, 0.25) is 5.02 Å². The Labute approximate surface area is 162 Å². The summed E-state index contributed by atoms with van der Waals surface area (Å²) in [5.74, 6) is 0.668. The highest BCUT2D eigenvalue weighted by Gasteiger charge is 2.24. The monoisotopic (exact) mass is 386 g/mol. The Hall–Kier alpha value is -2.82. The zero-order valence-electron chi connectivity index (χ0n) is 14.7. The number of piperazine rings is 1. The lowest BCUT2D eigenvalue weighted by atomic mass is 10.1. The third-order valence-electron chi connectivity index (χ3n) is 4.52. The number of hydrogen-bond acceptors (Lipinski definition) is 6. The lowest BCUT2D eigenvalue weighted by Gasteiger charge is -2.35. The van der Waals surface area contributed by atoms with Gasteiger partial charge in [0, 0.05) is 38.8 Å². The van der Waals surface area contributed by atoms with Gasteiger partial charge in [0.25, 0.3) is 5.69 Å². The number of rotatable bonds is 6. The molecule has 7 nitrogen and oxygen atoms in total. The quantitative estimate of drug-likeness (QED) is 0.559. The van der Waals surface area contributed by atoms with Crippen molar-refractivity contribution in [2.24, 2.45) is 0 Å². The van der Waals surface area contributed by atoms with Crippen LogP contribution in [0, 0.1) is 21.4 Å². The molecule has 27 heavy (non-hydrogen) atoms. The summed E-state index contributed by atoms with van der Waals surface area (Å²) >= 11 is 6.07. The highest BCUT2D eigenvalue weighted by Crippen LogP contribution is 2.30. The molecule has 0 aromatic heterocycles. The molecule has 0 aliphatic carbocycles. The number of halogens is 1. The Bertz CT molecular complexity index is 860. The van der Waals surface area contributed by atoms with Gasteiger partial charge < -0.3 is 9.64 Å². The number of anilines is 1. The first-order valence-corrected chi connectivity index (χ1v) is 8.99. The zero-order valence-corrected chi connectivity index (χ0v) is 15.4. The Morgan fingerprint density at radius 2 is 1.93 bits per heavy atom. The SMILES string of the molecule is N#Cc1ccc([N+](=O)[O-])c(N2CCN(CCOc3ccccc3Cl)CC2)c1. The van der Waals surface area contributed by atoms with Gasteiger partial charge in [-0.1, -0.05) is 23.7 Å². The number of nitro benzene ring substituents is 1. The molecule has 0 saturated carbocycles. The Morgan fingerprint density at radius 3 is 2.59 bits per heavy atom. The van der Waals surface area contributed by atoms with Crippen LogP contribution in [-0.2, 0) is 0 Å². The van der Waals surface area contributed by atoms with Crippen LogP contribution in [0.4, 0.5) is 11.4 Å². The third kappa shape index (κ3) is 4.67. The van der Waals surface area contributed by atoms with Crippen LogP contribution in [0.1, 0.15) is 5.56 Å². The largest absolute Gasteiger partial charge is 0.491 e. The van der Waals surface area contributed by atoms with E-state index >= 15 is 0 Å². The maximum absolute atomic E-state index is 11.3. The van der Waals surface area contributed by atoms with Crippen LogP contribution in [0.15, 0.2) is 42.5 Å². The molecule has 2 aromatic carbocycles. The molecule has 0 amide bonds. The smallest absolute Gasteiger partial charge is 0.292 e. The molecule has 1 heterocycles. The van der Waals surface area contributed by atoms with Crippen molar-refractivity contribution in [3.63, 3.8) is 0 Å². The van der Waals surface area contributed by atoms with E-state index in [1.54, 1.807) is 12.1 Å². The number of nitro groups is 1. The van der Waals surface area contributed by atoms with Crippen molar-refractivity contribution in [3.05, 3.63) is 63.2 Å². The molecule has 1 saturated heterocycles. The van der Waals surface area contributed by atoms with Gasteiger partial charge in [-0.2, -0.15) is 5.26 Å². The van der Waals surface area contributed by atoms with Crippen molar-refractivity contribution in [3.8, 4) is 11.8 Å². The molecule has 3 rings (SSSR count). The summed E-state index contributed by atoms with van der Waals surface area (Å²) in [5, 5.41) is 21.0. The van der Waals surface area contributed by atoms with E-state index in [-0.39, 0.29) is 5.69 Å². The molecule has 0 N–H and O–H groups in total. The first-order chi connectivity index (χ1) is 13.1. The predicted octanol–water partition coefficient (Wildman–Crippen LogP) is 3.32. The highest BCUT2D eigenvalue weighted by atomic mass is 35.5. The number of benzene rings is 2. The lowest BCUT2D eigenvalue weighted by molar-refractivity contribution is -0.384. The number of nitriles is 1. The molecule has 2 aromatic rings. The molecule has 1 fully saturated rings. The van der Waals surface area contributed by atoms with E-state index < -0.39 is 4.92 Å². The van der Waals surface area contributed by atoms with Crippen LogP contribution in [0.3, 0.4) is 0 Å². The zero-order chi connectivity index (χ0) is 19.2. The minimum Gasteiger partial charge on any atom is -0.491 e. The fourth-order valence-electron chi connectivity index (χ4n) is 3.06. The topological polar surface area (TPSA) is 82.6 Å². The fraction of sp³-hybridized carbons (Fsp3) is 0.316. The second-order valence-corrected chi connectivity index (χ2v) is 6.59. The van der Waals surface area contributed by atoms with Crippen molar-refractivity contribution in [2.45, 2.75) is 0 Å². The van der Waals surface area contributed by atoms with Crippen molar-refractivity contribution in [2.75, 3.05) is 44.2 Å². The first kappa shape index (κ1) is 19.0. The van der Waals surface area contributed by atoms with Crippen LogP contribution in [0.5, 0.6) is 5.75 Å². The lowest BCUT2D eigenvalue weighted by Crippen LogP contribution is -2.47. The fourth-order valence-corrected chi connectivity index (χ4v) is 3.25. The van der Waals surface area contributed by atoms with Gasteiger partial charge in [0.15, 0.2) is 0 Å². The van der Waals surface area contributed by atoms with Gasteiger partial charge >= 0.3 is 0 Å². The van der Waals surface area contributed by atoms with Gasteiger partial charge in [0.05, 0.1) is 21.6 Å². The third-order valence-corrected chi connectivity index (χ3v) is 4.83. The summed E-state index contributed by atoms with van der Waals surface area (Å²) in [6.07, 6.45) is 0. The number of para-hydroxylation sites is 1. The predicted molar refractivity (Wildman–Crippen MR) is 103 cm³/mol. The summed E-state index contributed by atoms with van der Waals surface area (Å²) in [6.45, 7) is 4.11. The summed E-state index contributed by atoms with van der Waals surface area (Å²) in [5.41, 5.74) is 0.960. The molecule has 0 unspecified atom stereocenters. The van der Waals surface area contributed by atoms with E-state index in [1.165, 1.54) is 12.1 Å². The van der Waals surface area contributed by atoms with Gasteiger partial charge in [0.2, 0.25) is 0 Å². The molecule has 0 atom stereocenters. The average molecular weight is 387 g/mol. The highest BCUT2D eigenvalue weighted by molar-refractivity contribution is 6.32. The molecule has 0 spiro atoms. The van der Waals surface area contributed by atoms with Crippen molar-refractivity contribution in [1.29, 1.82) is 5.26 Å². The summed E-state index contributed by atoms with van der Waals surface area (Å²) in [7, 11) is 0. The Balaban J connectivity index is 1.55. The van der Waals surface area contributed by atoms with Crippen molar-refractivity contribution in [1.82, 2.24) is 4.90 Å². The minimum atomic E-state index is -0.402. The maximum atomic E-state index is 11.3. The van der Waals surface area contributed by atoms with Crippen molar-refractivity contribution >= 4 is 23.0 Å². The molecular weight excluding hydrogens is 368 g/mol. The average Bonchev–Trinajstić information content (AvgIpc) is 2.69. The molecule has 1 aliphatic rings. The standard InChI is InChI=1S/C19H19ClN4O3/c20-16-3-1-2-4-19(16)27-12-11-22-7-9-23(10-8-22)18-13-15(14-21)5-6-17(18)24(25)26/h1-6,13H,7-12H2. The van der Waals surface area contributed by atoms with E-state index in [0.717, 1.165) is 19.6 Å². The molecule has 1 aliphatic heterocycles. The molecular formula is C19H19ClN4O3. The normalized spacial score (nSPS) is 14.6. The Morgan fingerprint density at radius 1 is 1.19 bits per heavy atom. The minimum absolute atomic E-state index is 0.0319. The number of hydrogen-bond donors (Lipinski definition) is 0. The number of ether oxygens (including phenoxy) is 1. The summed E-state index contributed by atoms with van der Waals surface area (Å²) in [6, 6.07) is 13.9. The second-order valence-electron chi connectivity index (χ2n) is 6.18. The maximum Gasteiger partial charge on any atom is 0.292 e. The first-order valence-electron chi connectivity index (χ1n) is 8.61. The molecule has 0 bridgehead atoms. The second kappa shape index (κ2) is 8.71. The van der Waals surface area contributed by atoms with Crippen LogP contribution in [-0.4, -0.2) is 49.2 Å². The molecule has 0 radical (unpaired) electrons.